The molecule has 6 heteroatoms. The van der Waals surface area contributed by atoms with Crippen LogP contribution >= 0.6 is 0 Å². The summed E-state index contributed by atoms with van der Waals surface area (Å²) in [4.78, 5) is 28.3. The lowest BCUT2D eigenvalue weighted by Crippen LogP contribution is -2.36. The number of amides is 2. The number of rotatable bonds is 5. The summed E-state index contributed by atoms with van der Waals surface area (Å²) in [5.41, 5.74) is 3.46. The van der Waals surface area contributed by atoms with E-state index in [4.69, 9.17) is 0 Å². The second-order valence-corrected chi connectivity index (χ2v) is 5.87. The minimum absolute atomic E-state index is 0.0569. The van der Waals surface area contributed by atoms with Crippen molar-refractivity contribution in [3.05, 3.63) is 65.5 Å². The number of benzene rings is 2. The second-order valence-electron chi connectivity index (χ2n) is 5.87. The summed E-state index contributed by atoms with van der Waals surface area (Å²) in [6.07, 6.45) is 0. The molecule has 0 radical (unpaired) electrons. The van der Waals surface area contributed by atoms with Crippen molar-refractivity contribution in [1.82, 2.24) is 20.2 Å². The Morgan fingerprint density at radius 2 is 1.84 bits per heavy atom. The van der Waals surface area contributed by atoms with E-state index in [0.29, 0.717) is 12.1 Å². The van der Waals surface area contributed by atoms with Gasteiger partial charge in [0.2, 0.25) is 5.91 Å². The van der Waals surface area contributed by atoms with E-state index in [1.54, 1.807) is 24.3 Å². The van der Waals surface area contributed by atoms with Gasteiger partial charge in [0.05, 0.1) is 17.6 Å². The van der Waals surface area contributed by atoms with Gasteiger partial charge in [-0.1, -0.05) is 24.3 Å². The van der Waals surface area contributed by atoms with Crippen molar-refractivity contribution in [2.75, 3.05) is 6.54 Å². The second kappa shape index (κ2) is 7.17. The van der Waals surface area contributed by atoms with Gasteiger partial charge in [-0.25, -0.2) is 4.98 Å². The lowest BCUT2D eigenvalue weighted by atomic mass is 10.2. The van der Waals surface area contributed by atoms with Crippen molar-refractivity contribution >= 4 is 22.8 Å². The highest BCUT2D eigenvalue weighted by atomic mass is 16.2. The highest BCUT2D eigenvalue weighted by molar-refractivity contribution is 5.96. The zero-order valence-corrected chi connectivity index (χ0v) is 14.2. The van der Waals surface area contributed by atoms with E-state index in [1.165, 1.54) is 0 Å². The third kappa shape index (κ3) is 3.85. The van der Waals surface area contributed by atoms with Crippen LogP contribution in [0.2, 0.25) is 0 Å². The topological polar surface area (TPSA) is 76.0 Å². The zero-order chi connectivity index (χ0) is 17.8. The summed E-state index contributed by atoms with van der Waals surface area (Å²) < 4.78 is 2.02. The molecule has 1 heterocycles. The molecule has 0 atom stereocenters. The number of hydrogen-bond acceptors (Lipinski definition) is 3. The fraction of sp³-hybridized carbons (Fsp3) is 0.211. The number of hydrogen-bond donors (Lipinski definition) is 2. The number of nitrogens with zero attached hydrogens (tertiary/aromatic N) is 2. The molecule has 2 N–H and O–H groups in total. The Morgan fingerprint density at radius 1 is 1.08 bits per heavy atom. The Labute approximate surface area is 145 Å². The largest absolute Gasteiger partial charge is 0.350 e. The van der Waals surface area contributed by atoms with E-state index in [2.05, 4.69) is 15.6 Å². The Bertz CT molecular complexity index is 916. The molecule has 3 rings (SSSR count). The standard InChI is InChI=1S/C19H20N4O2/c1-13-22-16-10-14(8-9-17(16)23(13)2)11-20-18(24)12-21-19(25)15-6-4-3-5-7-15/h3-10H,11-12H2,1-2H3,(H,20,24)(H,21,25). The third-order valence-corrected chi connectivity index (χ3v) is 4.10. The van der Waals surface area contributed by atoms with Crippen LogP contribution in [0.15, 0.2) is 48.5 Å². The maximum atomic E-state index is 11.9. The monoisotopic (exact) mass is 336 g/mol. The minimum Gasteiger partial charge on any atom is -0.350 e. The molecule has 0 fully saturated rings. The van der Waals surface area contributed by atoms with Crippen molar-refractivity contribution in [1.29, 1.82) is 0 Å². The van der Waals surface area contributed by atoms with Gasteiger partial charge in [-0.3, -0.25) is 9.59 Å². The quantitative estimate of drug-likeness (QED) is 0.747. The van der Waals surface area contributed by atoms with Gasteiger partial charge in [0.25, 0.3) is 5.91 Å². The summed E-state index contributed by atoms with van der Waals surface area (Å²) in [6, 6.07) is 14.7. The maximum Gasteiger partial charge on any atom is 0.251 e. The molecule has 0 aliphatic carbocycles. The lowest BCUT2D eigenvalue weighted by Gasteiger charge is -2.07. The highest BCUT2D eigenvalue weighted by Gasteiger charge is 2.08. The molecule has 3 aromatic rings. The summed E-state index contributed by atoms with van der Waals surface area (Å²) >= 11 is 0. The summed E-state index contributed by atoms with van der Waals surface area (Å²) in [5, 5.41) is 5.41. The van der Waals surface area contributed by atoms with E-state index in [0.717, 1.165) is 22.4 Å². The van der Waals surface area contributed by atoms with Crippen LogP contribution in [0, 0.1) is 6.92 Å². The van der Waals surface area contributed by atoms with Crippen LogP contribution in [0.5, 0.6) is 0 Å². The van der Waals surface area contributed by atoms with Crippen molar-refractivity contribution in [3.63, 3.8) is 0 Å². The molecule has 25 heavy (non-hydrogen) atoms. The Balaban J connectivity index is 1.53. The molecule has 2 amide bonds. The van der Waals surface area contributed by atoms with Crippen LogP contribution in [0.3, 0.4) is 0 Å². The zero-order valence-electron chi connectivity index (χ0n) is 14.2. The first-order valence-corrected chi connectivity index (χ1v) is 8.06. The van der Waals surface area contributed by atoms with Crippen molar-refractivity contribution in [2.45, 2.75) is 13.5 Å². The van der Waals surface area contributed by atoms with Gasteiger partial charge in [-0.2, -0.15) is 0 Å². The molecule has 0 spiro atoms. The number of aromatic nitrogens is 2. The molecule has 0 saturated heterocycles. The Hall–Kier alpha value is -3.15. The molecule has 1 aromatic heterocycles. The van der Waals surface area contributed by atoms with Crippen LogP contribution in [0.25, 0.3) is 11.0 Å². The number of carbonyl (C=O) groups excluding carboxylic acids is 2. The number of fused-ring (bicyclic) bond motifs is 1. The highest BCUT2D eigenvalue weighted by Crippen LogP contribution is 2.16. The Kier molecular flexibility index (Phi) is 4.79. The molecule has 0 unspecified atom stereocenters. The van der Waals surface area contributed by atoms with Crippen LogP contribution in [-0.2, 0) is 18.4 Å². The van der Waals surface area contributed by atoms with E-state index in [-0.39, 0.29) is 18.4 Å². The first-order chi connectivity index (χ1) is 12.0. The van der Waals surface area contributed by atoms with Crippen LogP contribution in [0.1, 0.15) is 21.7 Å². The summed E-state index contributed by atoms with van der Waals surface area (Å²) in [7, 11) is 1.97. The molecule has 128 valence electrons. The fourth-order valence-electron chi connectivity index (χ4n) is 2.59. The van der Waals surface area contributed by atoms with E-state index in [9.17, 15) is 9.59 Å². The summed E-state index contributed by atoms with van der Waals surface area (Å²) in [6.45, 7) is 2.29. The third-order valence-electron chi connectivity index (χ3n) is 4.10. The molecule has 0 aliphatic heterocycles. The first-order valence-electron chi connectivity index (χ1n) is 8.06. The van der Waals surface area contributed by atoms with Crippen LogP contribution < -0.4 is 10.6 Å². The smallest absolute Gasteiger partial charge is 0.251 e. The van der Waals surface area contributed by atoms with Crippen molar-refractivity contribution in [3.8, 4) is 0 Å². The average Bonchev–Trinajstić information content (AvgIpc) is 2.92. The molecule has 0 saturated carbocycles. The number of carbonyl (C=O) groups is 2. The van der Waals surface area contributed by atoms with Gasteiger partial charge in [0.15, 0.2) is 0 Å². The van der Waals surface area contributed by atoms with Crippen molar-refractivity contribution in [2.24, 2.45) is 7.05 Å². The number of nitrogens with one attached hydrogen (secondary N) is 2. The van der Waals surface area contributed by atoms with E-state index in [1.807, 2.05) is 42.8 Å². The van der Waals surface area contributed by atoms with E-state index >= 15 is 0 Å². The molecule has 2 aromatic carbocycles. The SMILES string of the molecule is Cc1nc2cc(CNC(=O)CNC(=O)c3ccccc3)ccc2n1C. The number of imidazole rings is 1. The number of aryl methyl sites for hydroxylation is 2. The molecule has 0 aliphatic rings. The molecule has 6 nitrogen and oxygen atoms in total. The summed E-state index contributed by atoms with van der Waals surface area (Å²) in [5.74, 6) is 0.447. The minimum atomic E-state index is -0.263. The molecule has 0 bridgehead atoms. The normalized spacial score (nSPS) is 10.6. The fourth-order valence-corrected chi connectivity index (χ4v) is 2.59. The van der Waals surface area contributed by atoms with Crippen LogP contribution in [0.4, 0.5) is 0 Å². The molecular weight excluding hydrogens is 316 g/mol. The van der Waals surface area contributed by atoms with Gasteiger partial charge >= 0.3 is 0 Å². The lowest BCUT2D eigenvalue weighted by molar-refractivity contribution is -0.120. The van der Waals surface area contributed by atoms with Gasteiger partial charge < -0.3 is 15.2 Å². The predicted molar refractivity (Wildman–Crippen MR) is 96.1 cm³/mol. The van der Waals surface area contributed by atoms with Crippen LogP contribution in [-0.4, -0.2) is 27.9 Å². The molecular formula is C19H20N4O2. The first kappa shape index (κ1) is 16.7. The van der Waals surface area contributed by atoms with Gasteiger partial charge in [0, 0.05) is 19.2 Å². The predicted octanol–water partition coefficient (Wildman–Crippen LogP) is 1.93. The van der Waals surface area contributed by atoms with E-state index < -0.39 is 0 Å². The van der Waals surface area contributed by atoms with Gasteiger partial charge in [-0.05, 0) is 36.8 Å². The average molecular weight is 336 g/mol. The van der Waals surface area contributed by atoms with Crippen molar-refractivity contribution < 1.29 is 9.59 Å². The van der Waals surface area contributed by atoms with Gasteiger partial charge in [-0.15, -0.1) is 0 Å². The Morgan fingerprint density at radius 3 is 2.60 bits per heavy atom. The maximum absolute atomic E-state index is 11.9. The van der Waals surface area contributed by atoms with Gasteiger partial charge in [0.1, 0.15) is 5.82 Å².